The average Bonchev–Trinajstić information content (AvgIpc) is 1.81. The van der Waals surface area contributed by atoms with E-state index in [1.165, 1.54) is 0 Å². The van der Waals surface area contributed by atoms with Crippen molar-refractivity contribution in [2.75, 3.05) is 6.54 Å². The van der Waals surface area contributed by atoms with Gasteiger partial charge in [0.05, 0.1) is 6.42 Å². The van der Waals surface area contributed by atoms with Gasteiger partial charge < -0.3 is 10.4 Å². The first-order valence-corrected chi connectivity index (χ1v) is 4.47. The third-order valence-corrected chi connectivity index (χ3v) is 1.41. The summed E-state index contributed by atoms with van der Waals surface area (Å²) in [7, 11) is 0. The highest BCUT2D eigenvalue weighted by atomic mass is 32.1. The van der Waals surface area contributed by atoms with Crippen LogP contribution in [0.1, 0.15) is 26.7 Å². The van der Waals surface area contributed by atoms with Crippen LogP contribution in [0, 0.1) is 0 Å². The third kappa shape index (κ3) is 9.20. The zero-order chi connectivity index (χ0) is 10.5. The van der Waals surface area contributed by atoms with Gasteiger partial charge in [-0.25, -0.2) is 0 Å². The highest BCUT2D eigenvalue weighted by Gasteiger charge is 2.16. The lowest BCUT2D eigenvalue weighted by molar-refractivity contribution is -0.136. The molecule has 0 aliphatic carbocycles. The summed E-state index contributed by atoms with van der Waals surface area (Å²) in [6.07, 6.45) is 0.245. The summed E-state index contributed by atoms with van der Waals surface area (Å²) in [5.74, 6) is -1.08. The van der Waals surface area contributed by atoms with E-state index in [-0.39, 0.29) is 30.0 Å². The minimum absolute atomic E-state index is 0.0429. The molecule has 0 unspecified atom stereocenters. The Bertz CT molecular complexity index is 198. The number of rotatable bonds is 5. The smallest absolute Gasteiger partial charge is 0.305 e. The van der Waals surface area contributed by atoms with Crippen molar-refractivity contribution in [2.45, 2.75) is 31.4 Å². The first kappa shape index (κ1) is 12.3. The van der Waals surface area contributed by atoms with E-state index in [1.807, 2.05) is 13.8 Å². The van der Waals surface area contributed by atoms with Crippen LogP contribution in [0.2, 0.25) is 0 Å². The number of amides is 1. The average molecular weight is 205 g/mol. The van der Waals surface area contributed by atoms with E-state index in [9.17, 15) is 9.59 Å². The largest absolute Gasteiger partial charge is 0.481 e. The zero-order valence-electron chi connectivity index (χ0n) is 7.83. The van der Waals surface area contributed by atoms with Crippen molar-refractivity contribution in [3.63, 3.8) is 0 Å². The summed E-state index contributed by atoms with van der Waals surface area (Å²) in [6, 6.07) is 0. The number of carbonyl (C=O) groups is 2. The van der Waals surface area contributed by atoms with E-state index in [0.717, 1.165) is 0 Å². The number of thiol groups is 1. The standard InChI is InChI=1S/C8H15NO3S/c1-8(2,13)5-6(10)9-4-3-7(11)12/h13H,3-5H2,1-2H3,(H,9,10)(H,11,12). The lowest BCUT2D eigenvalue weighted by Gasteiger charge is -2.15. The van der Waals surface area contributed by atoms with E-state index in [2.05, 4.69) is 17.9 Å². The van der Waals surface area contributed by atoms with Crippen LogP contribution in [0.4, 0.5) is 0 Å². The minimum Gasteiger partial charge on any atom is -0.481 e. The van der Waals surface area contributed by atoms with Gasteiger partial charge in [-0.2, -0.15) is 12.6 Å². The Kier molecular flexibility index (Phi) is 4.83. The van der Waals surface area contributed by atoms with Crippen molar-refractivity contribution in [2.24, 2.45) is 0 Å². The molecular weight excluding hydrogens is 190 g/mol. The summed E-state index contributed by atoms with van der Waals surface area (Å²) in [5.41, 5.74) is 0. The van der Waals surface area contributed by atoms with Gasteiger partial charge in [0.15, 0.2) is 0 Å². The molecular formula is C8H15NO3S. The van der Waals surface area contributed by atoms with Gasteiger partial charge in [0.2, 0.25) is 5.91 Å². The van der Waals surface area contributed by atoms with E-state index >= 15 is 0 Å². The first-order valence-electron chi connectivity index (χ1n) is 4.02. The van der Waals surface area contributed by atoms with Crippen LogP contribution in [-0.2, 0) is 9.59 Å². The molecule has 2 N–H and O–H groups in total. The molecule has 1 amide bonds. The molecule has 0 atom stereocenters. The molecule has 0 radical (unpaired) electrons. The fourth-order valence-electron chi connectivity index (χ4n) is 0.764. The van der Waals surface area contributed by atoms with Crippen LogP contribution in [0.5, 0.6) is 0 Å². The highest BCUT2D eigenvalue weighted by Crippen LogP contribution is 2.15. The molecule has 0 saturated carbocycles. The predicted molar refractivity (Wildman–Crippen MR) is 52.9 cm³/mol. The molecule has 0 aromatic rings. The fraction of sp³-hybridized carbons (Fsp3) is 0.750. The lowest BCUT2D eigenvalue weighted by atomic mass is 10.1. The predicted octanol–water partition coefficient (Wildman–Crippen LogP) is 0.676. The number of carboxylic acid groups (broad SMARTS) is 1. The monoisotopic (exact) mass is 205 g/mol. The van der Waals surface area contributed by atoms with E-state index < -0.39 is 5.97 Å². The van der Waals surface area contributed by atoms with Gasteiger partial charge in [-0.05, 0) is 0 Å². The molecule has 0 saturated heterocycles. The lowest BCUT2D eigenvalue weighted by Crippen LogP contribution is -2.30. The second-order valence-electron chi connectivity index (χ2n) is 3.48. The van der Waals surface area contributed by atoms with Gasteiger partial charge in [0.25, 0.3) is 0 Å². The summed E-state index contributed by atoms with van der Waals surface area (Å²) >= 11 is 4.18. The summed E-state index contributed by atoms with van der Waals surface area (Å²) in [6.45, 7) is 3.83. The zero-order valence-corrected chi connectivity index (χ0v) is 8.73. The van der Waals surface area contributed by atoms with Crippen molar-refractivity contribution in [1.29, 1.82) is 0 Å². The van der Waals surface area contributed by atoms with Crippen molar-refractivity contribution >= 4 is 24.5 Å². The molecule has 76 valence electrons. The Labute approximate surface area is 83.1 Å². The molecule has 0 spiro atoms. The molecule has 0 rings (SSSR count). The van der Waals surface area contributed by atoms with Crippen LogP contribution in [0.3, 0.4) is 0 Å². The molecule has 0 aromatic carbocycles. The molecule has 4 nitrogen and oxygen atoms in total. The first-order chi connectivity index (χ1) is 5.81. The van der Waals surface area contributed by atoms with Crippen LogP contribution in [-0.4, -0.2) is 28.3 Å². The Morgan fingerprint density at radius 2 is 2.00 bits per heavy atom. The van der Waals surface area contributed by atoms with Gasteiger partial charge in [-0.15, -0.1) is 0 Å². The molecule has 0 heterocycles. The minimum atomic E-state index is -0.912. The maximum absolute atomic E-state index is 11.1. The summed E-state index contributed by atoms with van der Waals surface area (Å²) in [4.78, 5) is 21.2. The second kappa shape index (κ2) is 5.11. The number of carbonyl (C=O) groups excluding carboxylic acids is 1. The molecule has 0 bridgehead atoms. The number of aliphatic carboxylic acids is 1. The Balaban J connectivity index is 3.59. The number of carboxylic acids is 1. The summed E-state index contributed by atoms with van der Waals surface area (Å²) in [5, 5.41) is 10.8. The highest BCUT2D eigenvalue weighted by molar-refractivity contribution is 7.81. The van der Waals surface area contributed by atoms with Crippen molar-refractivity contribution in [1.82, 2.24) is 5.32 Å². The summed E-state index contributed by atoms with van der Waals surface area (Å²) < 4.78 is -0.354. The van der Waals surface area contributed by atoms with Crippen LogP contribution < -0.4 is 5.32 Å². The van der Waals surface area contributed by atoms with Crippen LogP contribution >= 0.6 is 12.6 Å². The van der Waals surface area contributed by atoms with E-state index in [0.29, 0.717) is 0 Å². The Morgan fingerprint density at radius 3 is 2.38 bits per heavy atom. The van der Waals surface area contributed by atoms with E-state index in [1.54, 1.807) is 0 Å². The SMILES string of the molecule is CC(C)(S)CC(=O)NCCC(=O)O. The molecule has 5 heteroatoms. The van der Waals surface area contributed by atoms with Gasteiger partial charge in [0, 0.05) is 17.7 Å². The fourth-order valence-corrected chi connectivity index (χ4v) is 0.908. The van der Waals surface area contributed by atoms with Gasteiger partial charge in [-0.1, -0.05) is 13.8 Å². The van der Waals surface area contributed by atoms with E-state index in [4.69, 9.17) is 5.11 Å². The van der Waals surface area contributed by atoms with Crippen molar-refractivity contribution in [3.8, 4) is 0 Å². The normalized spacial score (nSPS) is 11.0. The Morgan fingerprint density at radius 1 is 1.46 bits per heavy atom. The van der Waals surface area contributed by atoms with Crippen molar-refractivity contribution in [3.05, 3.63) is 0 Å². The van der Waals surface area contributed by atoms with Crippen LogP contribution in [0.25, 0.3) is 0 Å². The van der Waals surface area contributed by atoms with Crippen LogP contribution in [0.15, 0.2) is 0 Å². The van der Waals surface area contributed by atoms with Gasteiger partial charge >= 0.3 is 5.97 Å². The number of hydrogen-bond acceptors (Lipinski definition) is 3. The Hall–Kier alpha value is -0.710. The van der Waals surface area contributed by atoms with Gasteiger partial charge in [-0.3, -0.25) is 9.59 Å². The number of hydrogen-bond donors (Lipinski definition) is 3. The maximum atomic E-state index is 11.1. The number of nitrogens with one attached hydrogen (secondary N) is 1. The van der Waals surface area contributed by atoms with Gasteiger partial charge in [0.1, 0.15) is 0 Å². The van der Waals surface area contributed by atoms with Crippen molar-refractivity contribution < 1.29 is 14.7 Å². The maximum Gasteiger partial charge on any atom is 0.305 e. The second-order valence-corrected chi connectivity index (χ2v) is 4.69. The molecule has 13 heavy (non-hydrogen) atoms. The molecule has 0 aliphatic heterocycles. The molecule has 0 fully saturated rings. The quantitative estimate of drug-likeness (QED) is 0.578. The molecule has 0 aliphatic rings. The topological polar surface area (TPSA) is 66.4 Å². The third-order valence-electron chi connectivity index (χ3n) is 1.25. The molecule has 0 aromatic heterocycles.